The summed E-state index contributed by atoms with van der Waals surface area (Å²) in [6.07, 6.45) is 0. The summed E-state index contributed by atoms with van der Waals surface area (Å²) in [5.41, 5.74) is 5.00. The minimum absolute atomic E-state index is 0.144. The van der Waals surface area contributed by atoms with Crippen LogP contribution in [0.25, 0.3) is 22.2 Å². The molecule has 5 rings (SSSR count). The molecule has 0 unspecified atom stereocenters. The maximum atomic E-state index is 12.5. The molecular formula is C28H21ClN4O. The summed E-state index contributed by atoms with van der Waals surface area (Å²) in [4.78, 5) is 21.9. The van der Waals surface area contributed by atoms with Gasteiger partial charge in [-0.1, -0.05) is 72.3 Å². The van der Waals surface area contributed by atoms with Crippen LogP contribution in [0.2, 0.25) is 5.02 Å². The monoisotopic (exact) mass is 464 g/mol. The zero-order chi connectivity index (χ0) is 23.3. The number of anilines is 2. The van der Waals surface area contributed by atoms with Crippen LogP contribution in [-0.2, 0) is 6.54 Å². The molecule has 5 aromatic rings. The number of nitrogens with one attached hydrogen (secondary N) is 2. The molecule has 0 saturated heterocycles. The Balaban J connectivity index is 1.34. The zero-order valence-electron chi connectivity index (χ0n) is 18.2. The van der Waals surface area contributed by atoms with Gasteiger partial charge < -0.3 is 10.6 Å². The second kappa shape index (κ2) is 9.73. The largest absolute Gasteiger partial charge is 0.350 e. The fraction of sp³-hybridized carbons (Fsp3) is 0.0357. The van der Waals surface area contributed by atoms with Gasteiger partial charge in [0.15, 0.2) is 0 Å². The molecule has 0 aliphatic rings. The first kappa shape index (κ1) is 21.6. The number of amides is 1. The first-order valence-electron chi connectivity index (χ1n) is 10.9. The Bertz CT molecular complexity index is 1440. The Morgan fingerprint density at radius 3 is 2.24 bits per heavy atom. The van der Waals surface area contributed by atoms with Crippen molar-refractivity contribution in [3.63, 3.8) is 0 Å². The van der Waals surface area contributed by atoms with Gasteiger partial charge in [0.25, 0.3) is 5.91 Å². The van der Waals surface area contributed by atoms with Gasteiger partial charge in [-0.05, 0) is 48.0 Å². The predicted octanol–water partition coefficient (Wildman–Crippen LogP) is 6.81. The minimum Gasteiger partial charge on any atom is -0.350 e. The molecule has 1 amide bonds. The molecule has 166 valence electrons. The minimum atomic E-state index is -0.144. The molecule has 0 bridgehead atoms. The van der Waals surface area contributed by atoms with E-state index in [2.05, 4.69) is 15.6 Å². The van der Waals surface area contributed by atoms with Crippen molar-refractivity contribution < 1.29 is 4.79 Å². The number of hydrogen-bond donors (Lipinski definition) is 2. The van der Waals surface area contributed by atoms with Crippen LogP contribution in [0, 0.1) is 0 Å². The number of halogens is 1. The van der Waals surface area contributed by atoms with Crippen LogP contribution in [0.3, 0.4) is 0 Å². The third-order valence-electron chi connectivity index (χ3n) is 5.40. The number of para-hydroxylation sites is 1. The van der Waals surface area contributed by atoms with Gasteiger partial charge in [-0.25, -0.2) is 9.97 Å². The highest BCUT2D eigenvalue weighted by Crippen LogP contribution is 2.29. The Morgan fingerprint density at radius 2 is 1.50 bits per heavy atom. The average Bonchev–Trinajstić information content (AvgIpc) is 2.88. The quantitative estimate of drug-likeness (QED) is 0.289. The number of nitrogens with zero attached hydrogens (tertiary/aromatic N) is 2. The van der Waals surface area contributed by atoms with Crippen molar-refractivity contribution in [2.45, 2.75) is 6.54 Å². The number of carbonyl (C=O) groups excluding carboxylic acids is 1. The second-order valence-corrected chi connectivity index (χ2v) is 8.23. The number of hydrogen-bond acceptors (Lipinski definition) is 4. The van der Waals surface area contributed by atoms with Crippen LogP contribution in [0.15, 0.2) is 103 Å². The lowest BCUT2D eigenvalue weighted by molar-refractivity contribution is 0.102. The summed E-state index contributed by atoms with van der Waals surface area (Å²) >= 11 is 6.24. The fourth-order valence-corrected chi connectivity index (χ4v) is 3.85. The average molecular weight is 465 g/mol. The SMILES string of the molecule is O=C(Nc1ccccc1)c1ccc(CNc2nc(-c3ccccc3)c3cc(Cl)ccc3n2)cc1. The third-order valence-corrected chi connectivity index (χ3v) is 5.64. The standard InChI is InChI=1S/C28H21ClN4O/c29-22-15-16-25-24(17-22)26(20-7-3-1-4-8-20)33-28(32-25)30-18-19-11-13-21(14-12-19)27(34)31-23-9-5-2-6-10-23/h1-17H,18H2,(H,31,34)(H,30,32,33). The van der Waals surface area contributed by atoms with Crippen molar-refractivity contribution >= 4 is 40.0 Å². The van der Waals surface area contributed by atoms with Crippen LogP contribution >= 0.6 is 11.6 Å². The first-order valence-corrected chi connectivity index (χ1v) is 11.3. The van der Waals surface area contributed by atoms with Gasteiger partial charge in [0.05, 0.1) is 11.2 Å². The topological polar surface area (TPSA) is 66.9 Å². The van der Waals surface area contributed by atoms with E-state index in [-0.39, 0.29) is 5.91 Å². The van der Waals surface area contributed by atoms with E-state index in [1.807, 2.05) is 103 Å². The molecule has 4 aromatic carbocycles. The second-order valence-electron chi connectivity index (χ2n) is 7.79. The van der Waals surface area contributed by atoms with Crippen molar-refractivity contribution in [1.82, 2.24) is 9.97 Å². The summed E-state index contributed by atoms with van der Waals surface area (Å²) in [5.74, 6) is 0.384. The lowest BCUT2D eigenvalue weighted by Gasteiger charge is -2.11. The molecule has 6 heteroatoms. The van der Waals surface area contributed by atoms with E-state index >= 15 is 0 Å². The van der Waals surface area contributed by atoms with Crippen molar-refractivity contribution in [2.24, 2.45) is 0 Å². The highest BCUT2D eigenvalue weighted by molar-refractivity contribution is 6.31. The van der Waals surface area contributed by atoms with Crippen LogP contribution in [0.1, 0.15) is 15.9 Å². The lowest BCUT2D eigenvalue weighted by Crippen LogP contribution is -2.12. The molecule has 0 radical (unpaired) electrons. The molecule has 0 atom stereocenters. The van der Waals surface area contributed by atoms with Gasteiger partial charge in [0.2, 0.25) is 5.95 Å². The lowest BCUT2D eigenvalue weighted by atomic mass is 10.1. The van der Waals surface area contributed by atoms with Gasteiger partial charge >= 0.3 is 0 Å². The van der Waals surface area contributed by atoms with E-state index in [1.165, 1.54) is 0 Å². The summed E-state index contributed by atoms with van der Waals surface area (Å²) < 4.78 is 0. The van der Waals surface area contributed by atoms with Crippen LogP contribution in [0.4, 0.5) is 11.6 Å². The van der Waals surface area contributed by atoms with Crippen LogP contribution in [0.5, 0.6) is 0 Å². The third kappa shape index (κ3) is 4.90. The predicted molar refractivity (Wildman–Crippen MR) is 138 cm³/mol. The Labute approximate surface area is 202 Å². The van der Waals surface area contributed by atoms with Gasteiger partial charge in [0.1, 0.15) is 0 Å². The molecule has 0 spiro atoms. The number of fused-ring (bicyclic) bond motifs is 1. The Morgan fingerprint density at radius 1 is 0.794 bits per heavy atom. The molecule has 34 heavy (non-hydrogen) atoms. The molecule has 0 aliphatic carbocycles. The molecule has 1 aromatic heterocycles. The molecular weight excluding hydrogens is 444 g/mol. The summed E-state index contributed by atoms with van der Waals surface area (Å²) in [6.45, 7) is 0.522. The van der Waals surface area contributed by atoms with E-state index in [1.54, 1.807) is 0 Å². The van der Waals surface area contributed by atoms with Crippen LogP contribution in [-0.4, -0.2) is 15.9 Å². The number of aromatic nitrogens is 2. The number of benzene rings is 4. The van der Waals surface area contributed by atoms with Gasteiger partial charge in [-0.2, -0.15) is 0 Å². The van der Waals surface area contributed by atoms with Gasteiger partial charge in [-0.3, -0.25) is 4.79 Å². The van der Waals surface area contributed by atoms with Crippen LogP contribution < -0.4 is 10.6 Å². The Kier molecular flexibility index (Phi) is 6.19. The highest BCUT2D eigenvalue weighted by Gasteiger charge is 2.11. The van der Waals surface area contributed by atoms with Crippen molar-refractivity contribution in [3.05, 3.63) is 119 Å². The molecule has 0 fully saturated rings. The molecule has 0 saturated carbocycles. The summed E-state index contributed by atoms with van der Waals surface area (Å²) in [6, 6.07) is 32.5. The Hall–Kier alpha value is -4.22. The normalized spacial score (nSPS) is 10.7. The maximum absolute atomic E-state index is 12.5. The molecule has 0 aliphatic heterocycles. The fourth-order valence-electron chi connectivity index (χ4n) is 3.68. The van der Waals surface area contributed by atoms with E-state index in [0.717, 1.165) is 33.4 Å². The van der Waals surface area contributed by atoms with Gasteiger partial charge in [-0.15, -0.1) is 0 Å². The summed E-state index contributed by atoms with van der Waals surface area (Å²) in [5, 5.41) is 7.75. The molecule has 1 heterocycles. The summed E-state index contributed by atoms with van der Waals surface area (Å²) in [7, 11) is 0. The van der Waals surface area contributed by atoms with Crippen molar-refractivity contribution in [3.8, 4) is 11.3 Å². The van der Waals surface area contributed by atoms with E-state index < -0.39 is 0 Å². The zero-order valence-corrected chi connectivity index (χ0v) is 19.0. The maximum Gasteiger partial charge on any atom is 0.255 e. The highest BCUT2D eigenvalue weighted by atomic mass is 35.5. The molecule has 5 nitrogen and oxygen atoms in total. The van der Waals surface area contributed by atoms with Crippen molar-refractivity contribution in [2.75, 3.05) is 10.6 Å². The van der Waals surface area contributed by atoms with E-state index in [0.29, 0.717) is 23.1 Å². The van der Waals surface area contributed by atoms with E-state index in [4.69, 9.17) is 16.6 Å². The smallest absolute Gasteiger partial charge is 0.255 e. The number of rotatable bonds is 6. The van der Waals surface area contributed by atoms with Crippen molar-refractivity contribution in [1.29, 1.82) is 0 Å². The van der Waals surface area contributed by atoms with E-state index in [9.17, 15) is 4.79 Å². The van der Waals surface area contributed by atoms with Gasteiger partial charge in [0, 0.05) is 33.8 Å². The number of carbonyl (C=O) groups is 1. The first-order chi connectivity index (χ1) is 16.7. The molecule has 2 N–H and O–H groups in total.